The van der Waals surface area contributed by atoms with Gasteiger partial charge in [-0.3, -0.25) is 9.80 Å². The van der Waals surface area contributed by atoms with E-state index in [2.05, 4.69) is 6.07 Å². The average Bonchev–Trinajstić information content (AvgIpc) is 3.00. The molecule has 3 aromatic carbocycles. The molecule has 0 bridgehead atoms. The van der Waals surface area contributed by atoms with Gasteiger partial charge >= 0.3 is 6.03 Å². The second kappa shape index (κ2) is 7.66. The van der Waals surface area contributed by atoms with E-state index >= 15 is 0 Å². The second-order valence-electron chi connectivity index (χ2n) is 7.17. The molecule has 0 aromatic heterocycles. The van der Waals surface area contributed by atoms with Gasteiger partial charge in [0.05, 0.1) is 18.2 Å². The monoisotopic (exact) mass is 437 g/mol. The Morgan fingerprint density at radius 3 is 2.10 bits per heavy atom. The predicted octanol–water partition coefficient (Wildman–Crippen LogP) is 5.47. The van der Waals surface area contributed by atoms with E-state index in [0.717, 1.165) is 5.56 Å². The lowest BCUT2D eigenvalue weighted by Gasteiger charge is -2.32. The summed E-state index contributed by atoms with van der Waals surface area (Å²) in [6, 6.07) is 20.3. The quantitative estimate of drug-likeness (QED) is 0.590. The molecule has 1 saturated heterocycles. The number of benzene rings is 3. The average molecular weight is 438 g/mol. The number of urea groups is 1. The van der Waals surface area contributed by atoms with Gasteiger partial charge in [0.25, 0.3) is 0 Å². The number of aryl methyl sites for hydroxylation is 1. The van der Waals surface area contributed by atoms with E-state index in [1.165, 1.54) is 9.80 Å². The molecule has 0 spiro atoms. The molecule has 1 fully saturated rings. The van der Waals surface area contributed by atoms with Crippen LogP contribution in [0.5, 0.6) is 0 Å². The zero-order valence-corrected chi connectivity index (χ0v) is 17.5. The molecule has 2 amide bonds. The Labute approximate surface area is 184 Å². The molecular weight excluding hydrogens is 421 g/mol. The molecule has 0 aliphatic carbocycles. The molecule has 1 unspecified atom stereocenters. The maximum absolute atomic E-state index is 13.5. The number of nitriles is 1. The van der Waals surface area contributed by atoms with Crippen LogP contribution >= 0.6 is 23.2 Å². The van der Waals surface area contributed by atoms with Crippen molar-refractivity contribution >= 4 is 40.6 Å². The van der Waals surface area contributed by atoms with E-state index in [-0.39, 0.29) is 6.54 Å². The van der Waals surface area contributed by atoms with Gasteiger partial charge in [-0.1, -0.05) is 29.3 Å². The zero-order valence-electron chi connectivity index (χ0n) is 16.0. The predicted molar refractivity (Wildman–Crippen MR) is 118 cm³/mol. The van der Waals surface area contributed by atoms with E-state index in [0.29, 0.717) is 32.5 Å². The minimum absolute atomic E-state index is 0.0234. The minimum atomic E-state index is -1.69. The Bertz CT molecular complexity index is 1160. The summed E-state index contributed by atoms with van der Waals surface area (Å²) in [4.78, 5) is 16.3. The number of β-amino-alcohol motifs (C(OH)–C–C–N with tert-alkyl or cyclic N) is 1. The first-order chi connectivity index (χ1) is 14.3. The van der Waals surface area contributed by atoms with Crippen LogP contribution in [-0.2, 0) is 5.72 Å². The highest BCUT2D eigenvalue weighted by atomic mass is 35.5. The smallest absolute Gasteiger partial charge is 0.331 e. The highest BCUT2D eigenvalue weighted by Crippen LogP contribution is 2.41. The van der Waals surface area contributed by atoms with E-state index in [4.69, 9.17) is 23.2 Å². The number of aliphatic hydroxyl groups is 1. The van der Waals surface area contributed by atoms with Gasteiger partial charge < -0.3 is 5.11 Å². The van der Waals surface area contributed by atoms with Gasteiger partial charge in [0, 0.05) is 27.0 Å². The minimum Gasteiger partial charge on any atom is -0.365 e. The van der Waals surface area contributed by atoms with Crippen molar-refractivity contribution in [3.05, 3.63) is 93.5 Å². The molecule has 1 atom stereocenters. The van der Waals surface area contributed by atoms with Crippen molar-refractivity contribution in [2.45, 2.75) is 12.6 Å². The Morgan fingerprint density at radius 2 is 1.53 bits per heavy atom. The first kappa shape index (κ1) is 20.2. The standard InChI is InChI=1S/C23H17Cl2N3O2/c1-15-10-16(13-26)12-17(11-15)23(30)14-27(20-6-2-18(24)3-7-20)22(29)28(23)21-8-4-19(25)5-9-21/h2-12,30H,14H2,1H3. The van der Waals surface area contributed by atoms with Crippen LogP contribution < -0.4 is 9.80 Å². The van der Waals surface area contributed by atoms with Gasteiger partial charge in [0.1, 0.15) is 0 Å². The number of amides is 2. The molecule has 150 valence electrons. The molecule has 1 aliphatic rings. The van der Waals surface area contributed by atoms with Gasteiger partial charge in [-0.2, -0.15) is 5.26 Å². The summed E-state index contributed by atoms with van der Waals surface area (Å²) in [6.45, 7) is 1.82. The van der Waals surface area contributed by atoms with Crippen LogP contribution in [-0.4, -0.2) is 17.7 Å². The summed E-state index contributed by atoms with van der Waals surface area (Å²) in [6.07, 6.45) is 0. The highest BCUT2D eigenvalue weighted by molar-refractivity contribution is 6.31. The number of hydrogen-bond donors (Lipinski definition) is 1. The van der Waals surface area contributed by atoms with Crippen LogP contribution in [0.2, 0.25) is 10.0 Å². The van der Waals surface area contributed by atoms with Gasteiger partial charge in [-0.05, 0) is 73.2 Å². The van der Waals surface area contributed by atoms with Gasteiger partial charge in [0.15, 0.2) is 5.72 Å². The number of anilines is 2. The van der Waals surface area contributed by atoms with E-state index in [1.807, 2.05) is 6.92 Å². The van der Waals surface area contributed by atoms with Crippen molar-refractivity contribution in [3.8, 4) is 6.07 Å². The molecule has 30 heavy (non-hydrogen) atoms. The molecule has 1 N–H and O–H groups in total. The topological polar surface area (TPSA) is 67.6 Å². The first-order valence-corrected chi connectivity index (χ1v) is 9.95. The molecule has 4 rings (SSSR count). The Kier molecular flexibility index (Phi) is 5.17. The number of carbonyl (C=O) groups is 1. The van der Waals surface area contributed by atoms with Crippen LogP contribution in [0, 0.1) is 18.3 Å². The molecule has 3 aromatic rings. The number of hydrogen-bond acceptors (Lipinski definition) is 3. The number of rotatable bonds is 3. The van der Waals surface area contributed by atoms with Crippen molar-refractivity contribution in [2.24, 2.45) is 0 Å². The van der Waals surface area contributed by atoms with Gasteiger partial charge in [0.2, 0.25) is 0 Å². The van der Waals surface area contributed by atoms with Crippen molar-refractivity contribution in [2.75, 3.05) is 16.3 Å². The Hall–Kier alpha value is -3.04. The fraction of sp³-hybridized carbons (Fsp3) is 0.130. The van der Waals surface area contributed by atoms with Crippen LogP contribution in [0.15, 0.2) is 66.7 Å². The molecule has 5 nitrogen and oxygen atoms in total. The lowest BCUT2D eigenvalue weighted by Crippen LogP contribution is -2.45. The Morgan fingerprint density at radius 1 is 0.967 bits per heavy atom. The Balaban J connectivity index is 1.88. The summed E-state index contributed by atoms with van der Waals surface area (Å²) in [5.41, 5.74) is 1.08. The molecule has 1 aliphatic heterocycles. The number of carbonyl (C=O) groups excluding carboxylic acids is 1. The van der Waals surface area contributed by atoms with Crippen LogP contribution in [0.1, 0.15) is 16.7 Å². The first-order valence-electron chi connectivity index (χ1n) is 9.19. The van der Waals surface area contributed by atoms with Crippen LogP contribution in [0.4, 0.5) is 16.2 Å². The third-order valence-electron chi connectivity index (χ3n) is 5.06. The SMILES string of the molecule is Cc1cc(C#N)cc(C2(O)CN(c3ccc(Cl)cc3)C(=O)N2c2ccc(Cl)cc2)c1. The summed E-state index contributed by atoms with van der Waals surface area (Å²) in [5.74, 6) is 0. The van der Waals surface area contributed by atoms with E-state index in [9.17, 15) is 15.2 Å². The summed E-state index contributed by atoms with van der Waals surface area (Å²) >= 11 is 12.0. The van der Waals surface area contributed by atoms with E-state index < -0.39 is 11.8 Å². The highest BCUT2D eigenvalue weighted by Gasteiger charge is 2.51. The van der Waals surface area contributed by atoms with Crippen LogP contribution in [0.3, 0.4) is 0 Å². The number of halogens is 2. The third-order valence-corrected chi connectivity index (χ3v) is 5.57. The molecule has 7 heteroatoms. The molecule has 0 radical (unpaired) electrons. The normalized spacial score (nSPS) is 18.6. The molecular formula is C23H17Cl2N3O2. The largest absolute Gasteiger partial charge is 0.365 e. The summed E-state index contributed by atoms with van der Waals surface area (Å²) < 4.78 is 0. The third kappa shape index (κ3) is 3.50. The molecule has 1 heterocycles. The maximum atomic E-state index is 13.5. The fourth-order valence-corrected chi connectivity index (χ4v) is 3.93. The lowest BCUT2D eigenvalue weighted by molar-refractivity contribution is 0.0654. The van der Waals surface area contributed by atoms with Crippen LogP contribution in [0.25, 0.3) is 0 Å². The molecule has 0 saturated carbocycles. The van der Waals surface area contributed by atoms with Crippen molar-refractivity contribution in [1.82, 2.24) is 0 Å². The lowest BCUT2D eigenvalue weighted by atomic mass is 9.97. The van der Waals surface area contributed by atoms with Crippen molar-refractivity contribution < 1.29 is 9.90 Å². The van der Waals surface area contributed by atoms with Crippen molar-refractivity contribution in [3.63, 3.8) is 0 Å². The summed E-state index contributed by atoms with van der Waals surface area (Å²) in [7, 11) is 0. The van der Waals surface area contributed by atoms with Gasteiger partial charge in [-0.25, -0.2) is 4.79 Å². The van der Waals surface area contributed by atoms with E-state index in [1.54, 1.807) is 66.7 Å². The summed E-state index contributed by atoms with van der Waals surface area (Å²) in [5, 5.41) is 22.3. The zero-order chi connectivity index (χ0) is 21.5. The maximum Gasteiger partial charge on any atom is 0.331 e. The van der Waals surface area contributed by atoms with Crippen molar-refractivity contribution in [1.29, 1.82) is 5.26 Å². The fourth-order valence-electron chi connectivity index (χ4n) is 3.67. The van der Waals surface area contributed by atoms with Gasteiger partial charge in [-0.15, -0.1) is 0 Å². The number of nitrogens with zero attached hydrogens (tertiary/aromatic N) is 3. The second-order valence-corrected chi connectivity index (χ2v) is 8.05.